The first-order valence-corrected chi connectivity index (χ1v) is 18.4. The highest BCUT2D eigenvalue weighted by Crippen LogP contribution is 2.47. The van der Waals surface area contributed by atoms with Crippen LogP contribution in [0.3, 0.4) is 0 Å². The van der Waals surface area contributed by atoms with Crippen LogP contribution in [-0.2, 0) is 0 Å². The van der Waals surface area contributed by atoms with Gasteiger partial charge in [0.15, 0.2) is 0 Å². The molecule has 0 N–H and O–H groups in total. The standard InChI is InChI=1S/C52H35NO/c1-5-15-36(16-6-1)38-25-29-42(30-26-38)53(43-31-27-39(28-32-43)37-17-7-2-8-18-37)50-34-48-49-33-46(40-19-9-3-10-20-40)44-23-13-14-24-45(44)52(49)54-51(48)35-47(50)41-21-11-4-12-22-41/h1-35H. The molecule has 0 bridgehead atoms. The van der Waals surface area contributed by atoms with E-state index in [1.807, 2.05) is 0 Å². The van der Waals surface area contributed by atoms with Crippen molar-refractivity contribution in [2.24, 2.45) is 0 Å². The van der Waals surface area contributed by atoms with Crippen LogP contribution in [0.4, 0.5) is 17.1 Å². The molecule has 10 aromatic rings. The lowest BCUT2D eigenvalue weighted by molar-refractivity contribution is 0.673. The van der Waals surface area contributed by atoms with Gasteiger partial charge in [0.1, 0.15) is 11.2 Å². The van der Waals surface area contributed by atoms with E-state index < -0.39 is 0 Å². The quantitative estimate of drug-likeness (QED) is 0.166. The van der Waals surface area contributed by atoms with Crippen molar-refractivity contribution in [3.8, 4) is 44.5 Å². The van der Waals surface area contributed by atoms with Crippen molar-refractivity contribution in [2.75, 3.05) is 4.90 Å². The summed E-state index contributed by atoms with van der Waals surface area (Å²) in [6.45, 7) is 0. The van der Waals surface area contributed by atoms with Gasteiger partial charge in [0.25, 0.3) is 0 Å². The van der Waals surface area contributed by atoms with Crippen molar-refractivity contribution < 1.29 is 4.42 Å². The molecule has 1 aromatic heterocycles. The van der Waals surface area contributed by atoms with Gasteiger partial charge in [-0.3, -0.25) is 0 Å². The molecule has 0 spiro atoms. The highest BCUT2D eigenvalue weighted by Gasteiger charge is 2.22. The third kappa shape index (κ3) is 5.62. The number of benzene rings is 9. The average molecular weight is 690 g/mol. The van der Waals surface area contributed by atoms with E-state index in [0.29, 0.717) is 0 Å². The Hall–Kier alpha value is -7.16. The third-order valence-electron chi connectivity index (χ3n) is 10.5. The van der Waals surface area contributed by atoms with Crippen LogP contribution in [0.5, 0.6) is 0 Å². The summed E-state index contributed by atoms with van der Waals surface area (Å²) in [4.78, 5) is 2.39. The van der Waals surface area contributed by atoms with E-state index in [1.165, 1.54) is 38.8 Å². The molecule has 54 heavy (non-hydrogen) atoms. The van der Waals surface area contributed by atoms with Crippen molar-refractivity contribution in [1.29, 1.82) is 0 Å². The van der Waals surface area contributed by atoms with Crippen LogP contribution < -0.4 is 4.90 Å². The molecule has 0 saturated heterocycles. The fourth-order valence-electron chi connectivity index (χ4n) is 7.82. The highest BCUT2D eigenvalue weighted by atomic mass is 16.3. The van der Waals surface area contributed by atoms with E-state index in [4.69, 9.17) is 4.42 Å². The van der Waals surface area contributed by atoms with E-state index in [2.05, 4.69) is 217 Å². The number of fused-ring (bicyclic) bond motifs is 5. The molecule has 0 amide bonds. The number of rotatable bonds is 7. The van der Waals surface area contributed by atoms with Crippen LogP contribution in [-0.4, -0.2) is 0 Å². The number of hydrogen-bond donors (Lipinski definition) is 0. The second-order valence-electron chi connectivity index (χ2n) is 13.7. The van der Waals surface area contributed by atoms with Gasteiger partial charge in [0.05, 0.1) is 5.69 Å². The Morgan fingerprint density at radius 1 is 0.296 bits per heavy atom. The molecule has 2 heteroatoms. The topological polar surface area (TPSA) is 16.4 Å². The molecular formula is C52H35NO. The Morgan fingerprint density at radius 2 is 0.722 bits per heavy atom. The van der Waals surface area contributed by atoms with Gasteiger partial charge in [-0.2, -0.15) is 0 Å². The van der Waals surface area contributed by atoms with Gasteiger partial charge in [-0.15, -0.1) is 0 Å². The van der Waals surface area contributed by atoms with Crippen molar-refractivity contribution in [3.63, 3.8) is 0 Å². The maximum absolute atomic E-state index is 6.88. The summed E-state index contributed by atoms with van der Waals surface area (Å²) in [5.74, 6) is 0. The maximum atomic E-state index is 6.88. The molecule has 2 nitrogen and oxygen atoms in total. The minimum atomic E-state index is 0.863. The first-order chi connectivity index (χ1) is 26.8. The van der Waals surface area contributed by atoms with Crippen LogP contribution in [0.1, 0.15) is 0 Å². The van der Waals surface area contributed by atoms with Gasteiger partial charge >= 0.3 is 0 Å². The number of furan rings is 1. The third-order valence-corrected chi connectivity index (χ3v) is 10.5. The largest absolute Gasteiger partial charge is 0.455 e. The summed E-state index contributed by atoms with van der Waals surface area (Å²) in [6.07, 6.45) is 0. The van der Waals surface area contributed by atoms with E-state index in [1.54, 1.807) is 0 Å². The van der Waals surface area contributed by atoms with Crippen molar-refractivity contribution in [3.05, 3.63) is 212 Å². The van der Waals surface area contributed by atoms with Crippen LogP contribution in [0.15, 0.2) is 217 Å². The molecule has 0 atom stereocenters. The SMILES string of the molecule is c1ccc(-c2ccc(N(c3ccc(-c4ccccc4)cc3)c3cc4c(cc3-c3ccccc3)oc3c5ccccc5c(-c5ccccc5)cc43)cc2)cc1. The van der Waals surface area contributed by atoms with E-state index in [9.17, 15) is 0 Å². The lowest BCUT2D eigenvalue weighted by Crippen LogP contribution is -2.11. The minimum absolute atomic E-state index is 0.863. The first-order valence-electron chi connectivity index (χ1n) is 18.4. The van der Waals surface area contributed by atoms with Gasteiger partial charge in [-0.05, 0) is 86.8 Å². The summed E-state index contributed by atoms with van der Waals surface area (Å²) in [5, 5.41) is 4.46. The van der Waals surface area contributed by atoms with Crippen LogP contribution in [0.2, 0.25) is 0 Å². The van der Waals surface area contributed by atoms with Crippen molar-refractivity contribution in [2.45, 2.75) is 0 Å². The number of hydrogen-bond acceptors (Lipinski definition) is 2. The zero-order chi connectivity index (χ0) is 35.8. The smallest absolute Gasteiger partial charge is 0.143 e. The van der Waals surface area contributed by atoms with Crippen LogP contribution >= 0.6 is 0 Å². The van der Waals surface area contributed by atoms with E-state index in [0.717, 1.165) is 55.5 Å². The fraction of sp³-hybridized carbons (Fsp3) is 0. The van der Waals surface area contributed by atoms with E-state index in [-0.39, 0.29) is 0 Å². The zero-order valence-electron chi connectivity index (χ0n) is 29.6. The Morgan fingerprint density at radius 3 is 1.24 bits per heavy atom. The molecule has 0 unspecified atom stereocenters. The minimum Gasteiger partial charge on any atom is -0.455 e. The molecule has 0 aliphatic heterocycles. The molecule has 9 aromatic carbocycles. The Bertz CT molecular complexity index is 2800. The zero-order valence-corrected chi connectivity index (χ0v) is 29.6. The Balaban J connectivity index is 1.24. The number of nitrogens with zero attached hydrogens (tertiary/aromatic N) is 1. The summed E-state index contributed by atoms with van der Waals surface area (Å²) < 4.78 is 6.88. The summed E-state index contributed by atoms with van der Waals surface area (Å²) in [5.41, 5.74) is 14.3. The van der Waals surface area contributed by atoms with Gasteiger partial charge in [0, 0.05) is 33.1 Å². The van der Waals surface area contributed by atoms with Crippen LogP contribution in [0, 0.1) is 0 Å². The fourth-order valence-corrected chi connectivity index (χ4v) is 7.82. The Kier molecular flexibility index (Phi) is 7.85. The van der Waals surface area contributed by atoms with Crippen molar-refractivity contribution in [1.82, 2.24) is 0 Å². The number of anilines is 3. The van der Waals surface area contributed by atoms with Crippen LogP contribution in [0.25, 0.3) is 77.2 Å². The average Bonchev–Trinajstić information content (AvgIpc) is 3.62. The van der Waals surface area contributed by atoms with Gasteiger partial charge < -0.3 is 9.32 Å². The molecule has 10 rings (SSSR count). The molecule has 254 valence electrons. The molecule has 1 heterocycles. The van der Waals surface area contributed by atoms with Gasteiger partial charge in [-0.25, -0.2) is 0 Å². The predicted octanol–water partition coefficient (Wildman–Crippen LogP) is 14.9. The molecule has 0 aliphatic carbocycles. The second-order valence-corrected chi connectivity index (χ2v) is 13.7. The Labute approximate surface area is 314 Å². The van der Waals surface area contributed by atoms with E-state index >= 15 is 0 Å². The maximum Gasteiger partial charge on any atom is 0.143 e. The molecule has 0 radical (unpaired) electrons. The lowest BCUT2D eigenvalue weighted by Gasteiger charge is -2.28. The monoisotopic (exact) mass is 689 g/mol. The second kappa shape index (κ2) is 13.4. The van der Waals surface area contributed by atoms with Gasteiger partial charge in [-0.1, -0.05) is 170 Å². The normalized spacial score (nSPS) is 11.3. The lowest BCUT2D eigenvalue weighted by atomic mass is 9.94. The molecule has 0 saturated carbocycles. The summed E-state index contributed by atoms with van der Waals surface area (Å²) in [7, 11) is 0. The first kappa shape index (κ1) is 31.6. The van der Waals surface area contributed by atoms with Gasteiger partial charge in [0.2, 0.25) is 0 Å². The summed E-state index contributed by atoms with van der Waals surface area (Å²) in [6, 6.07) is 75.8. The predicted molar refractivity (Wildman–Crippen MR) is 228 cm³/mol. The van der Waals surface area contributed by atoms with Crippen molar-refractivity contribution >= 4 is 49.8 Å². The molecule has 0 aliphatic rings. The molecular weight excluding hydrogens is 655 g/mol. The highest BCUT2D eigenvalue weighted by molar-refractivity contribution is 6.20. The summed E-state index contributed by atoms with van der Waals surface area (Å²) >= 11 is 0. The molecule has 0 fully saturated rings.